The van der Waals surface area contributed by atoms with Gasteiger partial charge in [-0.25, -0.2) is 0 Å². The van der Waals surface area contributed by atoms with Crippen molar-refractivity contribution in [2.45, 2.75) is 13.0 Å². The van der Waals surface area contributed by atoms with Crippen LogP contribution in [0.15, 0.2) is 75.7 Å². The van der Waals surface area contributed by atoms with Gasteiger partial charge >= 0.3 is 0 Å². The first kappa shape index (κ1) is 16.1. The quantitative estimate of drug-likeness (QED) is 0.526. The fourth-order valence-corrected chi connectivity index (χ4v) is 2.87. The molecule has 5 nitrogen and oxygen atoms in total. The minimum Gasteiger partial charge on any atom is -0.459 e. The number of rotatable bonds is 4. The van der Waals surface area contributed by atoms with Gasteiger partial charge in [0.2, 0.25) is 5.76 Å². The van der Waals surface area contributed by atoms with Crippen LogP contribution < -0.4 is 0 Å². The van der Waals surface area contributed by atoms with E-state index in [0.29, 0.717) is 5.69 Å². The summed E-state index contributed by atoms with van der Waals surface area (Å²) in [6.45, 7) is 1.92. The maximum atomic E-state index is 12.8. The lowest BCUT2D eigenvalue weighted by molar-refractivity contribution is 0.0685. The molecule has 0 N–H and O–H groups in total. The second kappa shape index (κ2) is 6.52. The Hall–Kier alpha value is -3.34. The Kier molecular flexibility index (Phi) is 4.05. The summed E-state index contributed by atoms with van der Waals surface area (Å²) in [5, 5.41) is 5.03. The predicted molar refractivity (Wildman–Crippen MR) is 98.7 cm³/mol. The average Bonchev–Trinajstić information content (AvgIpc) is 3.34. The summed E-state index contributed by atoms with van der Waals surface area (Å²) in [6, 6.07) is 20.8. The molecule has 4 aromatic rings. The number of hydrogen-bond acceptors (Lipinski definition) is 4. The van der Waals surface area contributed by atoms with E-state index in [1.165, 1.54) is 0 Å². The van der Waals surface area contributed by atoms with Gasteiger partial charge in [0, 0.05) is 24.1 Å². The number of nitrogens with zero attached hydrogens (tertiary/aromatic N) is 2. The number of para-hydroxylation sites is 1. The third-order valence-corrected chi connectivity index (χ3v) is 4.55. The molecule has 1 unspecified atom stereocenters. The lowest BCUT2D eigenvalue weighted by atomic mass is 10.1. The van der Waals surface area contributed by atoms with E-state index in [9.17, 15) is 4.79 Å². The maximum absolute atomic E-state index is 12.8. The highest BCUT2D eigenvalue weighted by Crippen LogP contribution is 2.28. The van der Waals surface area contributed by atoms with Gasteiger partial charge in [-0.15, -0.1) is 0 Å². The van der Waals surface area contributed by atoms with E-state index in [1.54, 1.807) is 18.0 Å². The molecule has 0 bridgehead atoms. The Labute approximate surface area is 150 Å². The van der Waals surface area contributed by atoms with Crippen LogP contribution in [0.1, 0.15) is 29.3 Å². The number of fused-ring (bicyclic) bond motifs is 1. The van der Waals surface area contributed by atoms with E-state index < -0.39 is 0 Å². The molecule has 2 heterocycles. The zero-order chi connectivity index (χ0) is 18.1. The third kappa shape index (κ3) is 2.88. The lowest BCUT2D eigenvalue weighted by Crippen LogP contribution is -2.29. The first-order valence-corrected chi connectivity index (χ1v) is 8.41. The fraction of sp³-hybridized carbons (Fsp3) is 0.143. The minimum atomic E-state index is -0.243. The van der Waals surface area contributed by atoms with Gasteiger partial charge in [0.05, 0.1) is 6.04 Å². The van der Waals surface area contributed by atoms with Gasteiger partial charge in [0.1, 0.15) is 17.0 Å². The molecule has 0 fully saturated rings. The van der Waals surface area contributed by atoms with E-state index >= 15 is 0 Å². The van der Waals surface area contributed by atoms with Crippen molar-refractivity contribution >= 4 is 16.9 Å². The molecule has 130 valence electrons. The van der Waals surface area contributed by atoms with Crippen molar-refractivity contribution < 1.29 is 13.7 Å². The Bertz CT molecular complexity index is 1020. The molecular formula is C21H18N2O3. The van der Waals surface area contributed by atoms with Crippen molar-refractivity contribution in [3.8, 4) is 11.3 Å². The lowest BCUT2D eigenvalue weighted by Gasteiger charge is -2.21. The number of amides is 1. The van der Waals surface area contributed by atoms with Crippen LogP contribution in [0.4, 0.5) is 0 Å². The molecule has 0 radical (unpaired) electrons. The summed E-state index contributed by atoms with van der Waals surface area (Å²) in [5.74, 6) is 0.687. The van der Waals surface area contributed by atoms with E-state index in [0.717, 1.165) is 22.3 Å². The Morgan fingerprint density at radius 1 is 1.04 bits per heavy atom. The molecule has 2 aromatic heterocycles. The molecule has 0 aliphatic carbocycles. The fourth-order valence-electron chi connectivity index (χ4n) is 2.87. The number of carbonyl (C=O) groups is 1. The number of hydrogen-bond donors (Lipinski definition) is 0. The zero-order valence-electron chi connectivity index (χ0n) is 14.5. The van der Waals surface area contributed by atoms with Crippen LogP contribution >= 0.6 is 0 Å². The van der Waals surface area contributed by atoms with Crippen LogP contribution in [-0.4, -0.2) is 23.0 Å². The van der Waals surface area contributed by atoms with Crippen LogP contribution in [0.2, 0.25) is 0 Å². The average molecular weight is 346 g/mol. The largest absolute Gasteiger partial charge is 0.459 e. The molecular weight excluding hydrogens is 328 g/mol. The zero-order valence-corrected chi connectivity index (χ0v) is 14.5. The first-order chi connectivity index (χ1) is 12.6. The highest BCUT2D eigenvalue weighted by molar-refractivity contribution is 5.92. The summed E-state index contributed by atoms with van der Waals surface area (Å²) in [4.78, 5) is 14.4. The second-order valence-electron chi connectivity index (χ2n) is 6.22. The Balaban J connectivity index is 1.56. The molecule has 0 aliphatic heterocycles. The molecule has 1 atom stereocenters. The van der Waals surface area contributed by atoms with Gasteiger partial charge in [-0.1, -0.05) is 53.7 Å². The minimum absolute atomic E-state index is 0.203. The van der Waals surface area contributed by atoms with Gasteiger partial charge in [-0.05, 0) is 19.1 Å². The molecule has 2 aromatic carbocycles. The van der Waals surface area contributed by atoms with Crippen LogP contribution in [0.5, 0.6) is 0 Å². The molecule has 0 spiro atoms. The molecule has 0 aliphatic rings. The van der Waals surface area contributed by atoms with Crippen molar-refractivity contribution in [1.82, 2.24) is 10.1 Å². The smallest absolute Gasteiger partial charge is 0.292 e. The summed E-state index contributed by atoms with van der Waals surface area (Å²) in [6.07, 6.45) is 0. The normalized spacial score (nSPS) is 12.2. The topological polar surface area (TPSA) is 59.5 Å². The van der Waals surface area contributed by atoms with Gasteiger partial charge < -0.3 is 13.8 Å². The molecule has 26 heavy (non-hydrogen) atoms. The molecule has 5 heteroatoms. The monoisotopic (exact) mass is 346 g/mol. The maximum Gasteiger partial charge on any atom is 0.292 e. The van der Waals surface area contributed by atoms with Crippen LogP contribution in [0.3, 0.4) is 0 Å². The van der Waals surface area contributed by atoms with E-state index in [-0.39, 0.29) is 17.7 Å². The molecule has 1 amide bonds. The van der Waals surface area contributed by atoms with Crippen LogP contribution in [0, 0.1) is 0 Å². The molecule has 4 rings (SSSR count). The van der Waals surface area contributed by atoms with Crippen molar-refractivity contribution in [2.75, 3.05) is 7.05 Å². The van der Waals surface area contributed by atoms with Crippen molar-refractivity contribution in [2.24, 2.45) is 0 Å². The number of carbonyl (C=O) groups excluding carboxylic acids is 1. The standard InChI is InChI=1S/C21H18N2O3/c1-14(19-12-16-10-6-7-11-18(16)25-19)23(2)21(24)20-13-17(22-26-20)15-8-4-3-5-9-15/h3-14H,1-2H3. The van der Waals surface area contributed by atoms with E-state index in [2.05, 4.69) is 5.16 Å². The van der Waals surface area contributed by atoms with Crippen molar-refractivity contribution in [3.05, 3.63) is 78.3 Å². The van der Waals surface area contributed by atoms with E-state index in [4.69, 9.17) is 8.94 Å². The number of furan rings is 1. The van der Waals surface area contributed by atoms with Gasteiger partial charge in [-0.3, -0.25) is 4.79 Å². The molecule has 0 saturated carbocycles. The Morgan fingerprint density at radius 2 is 1.77 bits per heavy atom. The van der Waals surface area contributed by atoms with Gasteiger partial charge in [-0.2, -0.15) is 0 Å². The summed E-state index contributed by atoms with van der Waals surface area (Å²) in [5.41, 5.74) is 2.35. The SMILES string of the molecule is CC(c1cc2ccccc2o1)N(C)C(=O)c1cc(-c2ccccc2)no1. The third-order valence-electron chi connectivity index (χ3n) is 4.55. The van der Waals surface area contributed by atoms with Crippen molar-refractivity contribution in [3.63, 3.8) is 0 Å². The highest BCUT2D eigenvalue weighted by Gasteiger charge is 2.25. The van der Waals surface area contributed by atoms with E-state index in [1.807, 2.05) is 67.6 Å². The van der Waals surface area contributed by atoms with Crippen molar-refractivity contribution in [1.29, 1.82) is 0 Å². The Morgan fingerprint density at radius 3 is 2.54 bits per heavy atom. The van der Waals surface area contributed by atoms with Gasteiger partial charge in [0.15, 0.2) is 0 Å². The molecule has 0 saturated heterocycles. The second-order valence-corrected chi connectivity index (χ2v) is 6.22. The van der Waals surface area contributed by atoms with Crippen LogP contribution in [0.25, 0.3) is 22.2 Å². The van der Waals surface area contributed by atoms with Crippen LogP contribution in [-0.2, 0) is 0 Å². The van der Waals surface area contributed by atoms with Gasteiger partial charge in [0.25, 0.3) is 5.91 Å². The summed E-state index contributed by atoms with van der Waals surface area (Å²) >= 11 is 0. The number of benzene rings is 2. The summed E-state index contributed by atoms with van der Waals surface area (Å²) in [7, 11) is 1.73. The summed E-state index contributed by atoms with van der Waals surface area (Å²) < 4.78 is 11.1. The first-order valence-electron chi connectivity index (χ1n) is 8.41. The number of aromatic nitrogens is 1. The predicted octanol–water partition coefficient (Wildman–Crippen LogP) is 4.92. The highest BCUT2D eigenvalue weighted by atomic mass is 16.5.